The van der Waals surface area contributed by atoms with Gasteiger partial charge in [-0.25, -0.2) is 0 Å². The van der Waals surface area contributed by atoms with Crippen LogP contribution in [0, 0.1) is 6.92 Å². The van der Waals surface area contributed by atoms with Crippen molar-refractivity contribution in [3.63, 3.8) is 0 Å². The first kappa shape index (κ1) is 23.8. The molecule has 0 unspecified atom stereocenters. The highest BCUT2D eigenvalue weighted by atomic mass is 16.5. The standard InChI is InChI=1S/C26H36O4/c1-7-9-16-29-23-14-11-20(18-24(23)28-8-2)12-15-25(27)30-22-13-10-19(3)17-21(22)26(4,5)6/h10-11,13-14,17-18H,7-9,12,15-16H2,1-6H3. The molecule has 0 aromatic heterocycles. The third-order valence-electron chi connectivity index (χ3n) is 4.85. The third-order valence-corrected chi connectivity index (χ3v) is 4.85. The Hall–Kier alpha value is -2.49. The summed E-state index contributed by atoms with van der Waals surface area (Å²) in [4.78, 5) is 12.5. The lowest BCUT2D eigenvalue weighted by atomic mass is 9.85. The first-order valence-electron chi connectivity index (χ1n) is 10.9. The van der Waals surface area contributed by atoms with Crippen molar-refractivity contribution in [2.75, 3.05) is 13.2 Å². The maximum Gasteiger partial charge on any atom is 0.311 e. The molecular formula is C26H36O4. The molecule has 2 rings (SSSR count). The van der Waals surface area contributed by atoms with Crippen LogP contribution in [-0.4, -0.2) is 19.2 Å². The average molecular weight is 413 g/mol. The van der Waals surface area contributed by atoms with Gasteiger partial charge in [-0.2, -0.15) is 0 Å². The van der Waals surface area contributed by atoms with Gasteiger partial charge in [-0.15, -0.1) is 0 Å². The second-order valence-corrected chi connectivity index (χ2v) is 8.64. The Bertz CT molecular complexity index is 833. The topological polar surface area (TPSA) is 44.8 Å². The van der Waals surface area contributed by atoms with E-state index in [9.17, 15) is 4.79 Å². The van der Waals surface area contributed by atoms with E-state index in [4.69, 9.17) is 14.2 Å². The normalized spacial score (nSPS) is 11.3. The van der Waals surface area contributed by atoms with Crippen molar-refractivity contribution in [2.45, 2.75) is 72.6 Å². The van der Waals surface area contributed by atoms with Crippen LogP contribution < -0.4 is 14.2 Å². The number of esters is 1. The second kappa shape index (κ2) is 11.1. The fraction of sp³-hybridized carbons (Fsp3) is 0.500. The molecule has 0 N–H and O–H groups in total. The van der Waals surface area contributed by atoms with Crippen LogP contribution in [0.1, 0.15) is 70.6 Å². The van der Waals surface area contributed by atoms with Crippen LogP contribution in [0.15, 0.2) is 36.4 Å². The van der Waals surface area contributed by atoms with Crippen LogP contribution >= 0.6 is 0 Å². The van der Waals surface area contributed by atoms with E-state index in [0.717, 1.165) is 41.0 Å². The molecule has 2 aromatic carbocycles. The zero-order chi connectivity index (χ0) is 22.1. The van der Waals surface area contributed by atoms with Crippen molar-refractivity contribution in [3.05, 3.63) is 53.1 Å². The summed E-state index contributed by atoms with van der Waals surface area (Å²) in [5.74, 6) is 1.90. The lowest BCUT2D eigenvalue weighted by molar-refractivity contribution is -0.134. The van der Waals surface area contributed by atoms with Crippen molar-refractivity contribution in [3.8, 4) is 17.2 Å². The molecule has 2 aromatic rings. The van der Waals surface area contributed by atoms with E-state index in [0.29, 0.717) is 31.8 Å². The van der Waals surface area contributed by atoms with Gasteiger partial charge in [-0.05, 0) is 55.9 Å². The predicted octanol–water partition coefficient (Wildman–Crippen LogP) is 6.41. The maximum atomic E-state index is 12.5. The quantitative estimate of drug-likeness (QED) is 0.257. The number of benzene rings is 2. The van der Waals surface area contributed by atoms with E-state index in [1.807, 2.05) is 44.2 Å². The molecule has 0 aliphatic rings. The van der Waals surface area contributed by atoms with E-state index in [1.165, 1.54) is 0 Å². The largest absolute Gasteiger partial charge is 0.490 e. The van der Waals surface area contributed by atoms with E-state index in [-0.39, 0.29) is 11.4 Å². The molecule has 0 aliphatic heterocycles. The summed E-state index contributed by atoms with van der Waals surface area (Å²) in [6, 6.07) is 11.8. The second-order valence-electron chi connectivity index (χ2n) is 8.64. The number of unbranched alkanes of at least 4 members (excludes halogenated alkanes) is 1. The van der Waals surface area contributed by atoms with Crippen molar-refractivity contribution in [1.82, 2.24) is 0 Å². The number of hydrogen-bond donors (Lipinski definition) is 0. The van der Waals surface area contributed by atoms with Gasteiger partial charge in [0.05, 0.1) is 13.2 Å². The molecule has 0 aliphatic carbocycles. The van der Waals surface area contributed by atoms with Gasteiger partial charge in [-0.3, -0.25) is 4.79 Å². The maximum absolute atomic E-state index is 12.5. The van der Waals surface area contributed by atoms with Crippen molar-refractivity contribution in [2.24, 2.45) is 0 Å². The Morgan fingerprint density at radius 3 is 2.33 bits per heavy atom. The summed E-state index contributed by atoms with van der Waals surface area (Å²) in [6.07, 6.45) is 2.99. The van der Waals surface area contributed by atoms with Gasteiger partial charge in [-0.1, -0.05) is 57.9 Å². The molecule has 0 amide bonds. The summed E-state index contributed by atoms with van der Waals surface area (Å²) in [7, 11) is 0. The zero-order valence-electron chi connectivity index (χ0n) is 19.3. The number of ether oxygens (including phenoxy) is 3. The summed E-state index contributed by atoms with van der Waals surface area (Å²) >= 11 is 0. The van der Waals surface area contributed by atoms with E-state index in [1.54, 1.807) is 0 Å². The predicted molar refractivity (Wildman–Crippen MR) is 122 cm³/mol. The monoisotopic (exact) mass is 412 g/mol. The molecule has 0 fully saturated rings. The van der Waals surface area contributed by atoms with Gasteiger partial charge in [0.25, 0.3) is 0 Å². The molecule has 30 heavy (non-hydrogen) atoms. The van der Waals surface area contributed by atoms with Gasteiger partial charge in [0.1, 0.15) is 5.75 Å². The highest BCUT2D eigenvalue weighted by Gasteiger charge is 2.21. The summed E-state index contributed by atoms with van der Waals surface area (Å²) in [5.41, 5.74) is 3.13. The molecule has 0 spiro atoms. The van der Waals surface area contributed by atoms with E-state index in [2.05, 4.69) is 33.8 Å². The molecule has 0 saturated carbocycles. The Morgan fingerprint density at radius 1 is 0.933 bits per heavy atom. The Balaban J connectivity index is 2.03. The first-order valence-corrected chi connectivity index (χ1v) is 10.9. The Labute approximate surface area is 181 Å². The third kappa shape index (κ3) is 7.08. The number of rotatable bonds is 10. The minimum atomic E-state index is -0.231. The van der Waals surface area contributed by atoms with Crippen LogP contribution in [0.25, 0.3) is 0 Å². The van der Waals surface area contributed by atoms with Crippen LogP contribution in [0.4, 0.5) is 0 Å². The highest BCUT2D eigenvalue weighted by Crippen LogP contribution is 2.33. The highest BCUT2D eigenvalue weighted by molar-refractivity contribution is 5.73. The van der Waals surface area contributed by atoms with Gasteiger partial charge >= 0.3 is 5.97 Å². The van der Waals surface area contributed by atoms with Gasteiger partial charge in [0, 0.05) is 12.0 Å². The number of carbonyl (C=O) groups is 1. The fourth-order valence-electron chi connectivity index (χ4n) is 3.16. The Kier molecular flexibility index (Phi) is 8.76. The van der Waals surface area contributed by atoms with Crippen molar-refractivity contribution >= 4 is 5.97 Å². The molecule has 0 bridgehead atoms. The number of carbonyl (C=O) groups excluding carboxylic acids is 1. The summed E-state index contributed by atoms with van der Waals surface area (Å²) in [6.45, 7) is 13.7. The minimum Gasteiger partial charge on any atom is -0.490 e. The molecule has 0 radical (unpaired) electrons. The lowest BCUT2D eigenvalue weighted by Gasteiger charge is -2.22. The minimum absolute atomic E-state index is 0.0956. The molecule has 0 heterocycles. The average Bonchev–Trinajstić information content (AvgIpc) is 2.69. The van der Waals surface area contributed by atoms with Crippen LogP contribution in [0.3, 0.4) is 0 Å². The van der Waals surface area contributed by atoms with Gasteiger partial charge in [0.2, 0.25) is 0 Å². The molecule has 0 saturated heterocycles. The van der Waals surface area contributed by atoms with Crippen molar-refractivity contribution < 1.29 is 19.0 Å². The summed E-state index contributed by atoms with van der Waals surface area (Å²) < 4.78 is 17.3. The van der Waals surface area contributed by atoms with Crippen LogP contribution in [0.2, 0.25) is 0 Å². The van der Waals surface area contributed by atoms with Crippen molar-refractivity contribution in [1.29, 1.82) is 0 Å². The lowest BCUT2D eigenvalue weighted by Crippen LogP contribution is -2.17. The fourth-order valence-corrected chi connectivity index (χ4v) is 3.16. The van der Waals surface area contributed by atoms with Gasteiger partial charge < -0.3 is 14.2 Å². The smallest absolute Gasteiger partial charge is 0.311 e. The first-order chi connectivity index (χ1) is 14.2. The number of hydrogen-bond acceptors (Lipinski definition) is 4. The molecular weight excluding hydrogens is 376 g/mol. The summed E-state index contributed by atoms with van der Waals surface area (Å²) in [5, 5.41) is 0. The Morgan fingerprint density at radius 2 is 1.67 bits per heavy atom. The van der Waals surface area contributed by atoms with Crippen LogP contribution in [-0.2, 0) is 16.6 Å². The molecule has 4 heteroatoms. The van der Waals surface area contributed by atoms with Gasteiger partial charge in [0.15, 0.2) is 11.5 Å². The van der Waals surface area contributed by atoms with Crippen LogP contribution in [0.5, 0.6) is 17.2 Å². The SMILES string of the molecule is CCCCOc1ccc(CCC(=O)Oc2ccc(C)cc2C(C)(C)C)cc1OCC. The number of aryl methyl sites for hydroxylation is 2. The van der Waals surface area contributed by atoms with E-state index >= 15 is 0 Å². The zero-order valence-corrected chi connectivity index (χ0v) is 19.3. The molecule has 4 nitrogen and oxygen atoms in total. The molecule has 0 atom stereocenters. The van der Waals surface area contributed by atoms with E-state index < -0.39 is 0 Å². The molecule has 164 valence electrons.